The van der Waals surface area contributed by atoms with E-state index >= 15 is 0 Å². The minimum absolute atomic E-state index is 0.301. The first-order chi connectivity index (χ1) is 7.27. The van der Waals surface area contributed by atoms with Gasteiger partial charge in [-0.25, -0.2) is 5.43 Å². The summed E-state index contributed by atoms with van der Waals surface area (Å²) in [5.74, 6) is 0. The van der Waals surface area contributed by atoms with Gasteiger partial charge in [-0.05, 0) is 26.9 Å². The molecule has 0 aromatic heterocycles. The van der Waals surface area contributed by atoms with Crippen molar-refractivity contribution in [2.24, 2.45) is 5.73 Å². The van der Waals surface area contributed by atoms with Crippen molar-refractivity contribution in [2.45, 2.75) is 25.0 Å². The first-order valence-corrected chi connectivity index (χ1v) is 5.59. The lowest BCUT2D eigenvalue weighted by Gasteiger charge is -2.36. The molecule has 0 saturated carbocycles. The smallest absolute Gasteiger partial charge is 0.0869 e. The van der Waals surface area contributed by atoms with Crippen LogP contribution >= 0.6 is 0 Å². The van der Waals surface area contributed by atoms with Crippen LogP contribution in [0.3, 0.4) is 0 Å². The summed E-state index contributed by atoms with van der Waals surface area (Å²) in [7, 11) is 3.77. The summed E-state index contributed by atoms with van der Waals surface area (Å²) in [5, 5.41) is 0. The van der Waals surface area contributed by atoms with E-state index in [2.05, 4.69) is 26.6 Å². The maximum Gasteiger partial charge on any atom is 0.0869 e. The number of piperidine rings is 1. The Bertz CT molecular complexity index is 157. The number of nitrogens with one attached hydrogen (secondary N) is 4. The monoisotopic (exact) mass is 216 g/mol. The van der Waals surface area contributed by atoms with Crippen molar-refractivity contribution in [3.05, 3.63) is 0 Å². The van der Waals surface area contributed by atoms with E-state index in [-0.39, 0.29) is 0 Å². The van der Waals surface area contributed by atoms with Gasteiger partial charge in [0.1, 0.15) is 0 Å². The van der Waals surface area contributed by atoms with Crippen LogP contribution in [0.15, 0.2) is 0 Å². The third kappa shape index (κ3) is 4.42. The van der Waals surface area contributed by atoms with Crippen LogP contribution in [0.4, 0.5) is 0 Å². The van der Waals surface area contributed by atoms with Crippen LogP contribution in [0.2, 0.25) is 0 Å². The number of hydrazine groups is 2. The van der Waals surface area contributed by atoms with Gasteiger partial charge in [0, 0.05) is 25.7 Å². The minimum atomic E-state index is 0.301. The fraction of sp³-hybridized carbons (Fsp3) is 1.00. The summed E-state index contributed by atoms with van der Waals surface area (Å²) in [6, 6.07) is 0.383. The van der Waals surface area contributed by atoms with E-state index in [1.54, 1.807) is 0 Å². The number of hydrogen-bond acceptors (Lipinski definition) is 6. The van der Waals surface area contributed by atoms with E-state index in [4.69, 9.17) is 5.73 Å². The number of likely N-dealkylation sites (tertiary alicyclic amines) is 1. The molecule has 0 aromatic rings. The van der Waals surface area contributed by atoms with E-state index in [0.29, 0.717) is 12.2 Å². The zero-order chi connectivity index (χ0) is 11.1. The van der Waals surface area contributed by atoms with E-state index in [1.165, 1.54) is 0 Å². The van der Waals surface area contributed by atoms with Gasteiger partial charge in [-0.2, -0.15) is 0 Å². The Balaban J connectivity index is 2.33. The molecule has 0 aliphatic carbocycles. The van der Waals surface area contributed by atoms with Crippen LogP contribution in [0.1, 0.15) is 12.8 Å². The molecule has 1 aliphatic heterocycles. The van der Waals surface area contributed by atoms with Crippen LogP contribution in [-0.4, -0.2) is 50.8 Å². The van der Waals surface area contributed by atoms with Gasteiger partial charge >= 0.3 is 0 Å². The molecule has 90 valence electrons. The normalized spacial score (nSPS) is 21.8. The average Bonchev–Trinajstić information content (AvgIpc) is 2.25. The van der Waals surface area contributed by atoms with E-state index in [9.17, 15) is 0 Å². The largest absolute Gasteiger partial charge is 0.328 e. The quantitative estimate of drug-likeness (QED) is 0.337. The van der Waals surface area contributed by atoms with Gasteiger partial charge in [-0.1, -0.05) is 0 Å². The third-order valence-corrected chi connectivity index (χ3v) is 2.80. The van der Waals surface area contributed by atoms with Gasteiger partial charge in [0.05, 0.1) is 6.17 Å². The van der Waals surface area contributed by atoms with Crippen molar-refractivity contribution >= 4 is 0 Å². The lowest BCUT2D eigenvalue weighted by atomic mass is 10.1. The molecule has 1 heterocycles. The Labute approximate surface area is 91.9 Å². The second-order valence-corrected chi connectivity index (χ2v) is 3.91. The zero-order valence-corrected chi connectivity index (χ0v) is 9.71. The summed E-state index contributed by atoms with van der Waals surface area (Å²) in [6.45, 7) is 2.98. The average molecular weight is 216 g/mol. The van der Waals surface area contributed by atoms with Crippen LogP contribution < -0.4 is 27.4 Å². The molecule has 1 rings (SSSR count). The maximum absolute atomic E-state index is 5.88. The van der Waals surface area contributed by atoms with Crippen LogP contribution in [0, 0.1) is 0 Å². The first kappa shape index (κ1) is 12.8. The molecule has 15 heavy (non-hydrogen) atoms. The van der Waals surface area contributed by atoms with Crippen molar-refractivity contribution in [2.75, 3.05) is 33.7 Å². The maximum atomic E-state index is 5.88. The molecular weight excluding hydrogens is 192 g/mol. The minimum Gasteiger partial charge on any atom is -0.328 e. The van der Waals surface area contributed by atoms with Crippen LogP contribution in [0.5, 0.6) is 0 Å². The summed E-state index contributed by atoms with van der Waals surface area (Å²) in [6.07, 6.45) is 2.47. The Morgan fingerprint density at radius 2 is 1.93 bits per heavy atom. The van der Waals surface area contributed by atoms with Crippen molar-refractivity contribution in [1.82, 2.24) is 26.6 Å². The number of nitrogens with two attached hydrogens (primary N) is 1. The second-order valence-electron chi connectivity index (χ2n) is 3.91. The Kier molecular flexibility index (Phi) is 6.07. The van der Waals surface area contributed by atoms with Crippen molar-refractivity contribution in [1.29, 1.82) is 0 Å². The molecule has 0 radical (unpaired) electrons. The number of nitrogens with zero attached hydrogens (tertiary/aromatic N) is 1. The molecule has 6 N–H and O–H groups in total. The molecule has 0 aromatic carbocycles. The highest BCUT2D eigenvalue weighted by atomic mass is 15.5. The van der Waals surface area contributed by atoms with E-state index < -0.39 is 0 Å². The summed E-state index contributed by atoms with van der Waals surface area (Å²) in [4.78, 5) is 2.41. The van der Waals surface area contributed by atoms with E-state index in [1.807, 2.05) is 14.1 Å². The number of hydrogen-bond donors (Lipinski definition) is 5. The van der Waals surface area contributed by atoms with Crippen molar-refractivity contribution in [3.63, 3.8) is 0 Å². The van der Waals surface area contributed by atoms with E-state index in [0.717, 1.165) is 32.5 Å². The van der Waals surface area contributed by atoms with Gasteiger partial charge in [0.2, 0.25) is 0 Å². The standard InChI is InChI=1S/C9H24N6/c1-11-13-7-9(14-12-2)15-5-3-8(10)4-6-15/h8-9,11-14H,3-7,10H2,1-2H3. The van der Waals surface area contributed by atoms with Gasteiger partial charge in [0.15, 0.2) is 0 Å². The molecule has 6 heteroatoms. The highest BCUT2D eigenvalue weighted by Crippen LogP contribution is 2.09. The fourth-order valence-electron chi connectivity index (χ4n) is 1.87. The van der Waals surface area contributed by atoms with Gasteiger partial charge in [-0.15, -0.1) is 0 Å². The summed E-state index contributed by atoms with van der Waals surface area (Å²) >= 11 is 0. The summed E-state index contributed by atoms with van der Waals surface area (Å²) in [5.41, 5.74) is 18.2. The number of rotatable bonds is 6. The molecule has 1 atom stereocenters. The highest BCUT2D eigenvalue weighted by Gasteiger charge is 2.22. The van der Waals surface area contributed by atoms with Crippen molar-refractivity contribution < 1.29 is 0 Å². The Hall–Kier alpha value is -0.240. The summed E-state index contributed by atoms with van der Waals surface area (Å²) < 4.78 is 0. The van der Waals surface area contributed by atoms with Gasteiger partial charge in [0.25, 0.3) is 0 Å². The fourth-order valence-corrected chi connectivity index (χ4v) is 1.87. The molecule has 0 amide bonds. The molecule has 0 spiro atoms. The molecule has 1 saturated heterocycles. The molecular formula is C9H24N6. The molecule has 1 fully saturated rings. The van der Waals surface area contributed by atoms with Gasteiger partial charge in [-0.3, -0.25) is 21.2 Å². The van der Waals surface area contributed by atoms with Crippen LogP contribution in [0.25, 0.3) is 0 Å². The molecule has 1 unspecified atom stereocenters. The first-order valence-electron chi connectivity index (χ1n) is 5.59. The SMILES string of the molecule is CNNCC(NNC)N1CCC(N)CC1. The van der Waals surface area contributed by atoms with Gasteiger partial charge < -0.3 is 5.73 Å². The predicted molar refractivity (Wildman–Crippen MR) is 61.8 cm³/mol. The predicted octanol–water partition coefficient (Wildman–Crippen LogP) is -1.82. The topological polar surface area (TPSA) is 77.4 Å². The Morgan fingerprint density at radius 3 is 2.47 bits per heavy atom. The zero-order valence-electron chi connectivity index (χ0n) is 9.71. The lowest BCUT2D eigenvalue weighted by molar-refractivity contribution is 0.115. The molecule has 0 bridgehead atoms. The third-order valence-electron chi connectivity index (χ3n) is 2.80. The lowest BCUT2D eigenvalue weighted by Crippen LogP contribution is -2.58. The molecule has 1 aliphatic rings. The van der Waals surface area contributed by atoms with Crippen LogP contribution in [-0.2, 0) is 0 Å². The van der Waals surface area contributed by atoms with Crippen molar-refractivity contribution in [3.8, 4) is 0 Å². The Morgan fingerprint density at radius 1 is 1.27 bits per heavy atom. The molecule has 6 nitrogen and oxygen atoms in total. The highest BCUT2D eigenvalue weighted by molar-refractivity contribution is 4.78. The second kappa shape index (κ2) is 7.10.